The number of nitrogens with zero attached hydrogens (tertiary/aromatic N) is 2. The van der Waals surface area contributed by atoms with Gasteiger partial charge in [-0.3, -0.25) is 4.68 Å². The topological polar surface area (TPSA) is 109 Å². The third kappa shape index (κ3) is 1.75. The molecular formula is C8H10N2O5S. The van der Waals surface area contributed by atoms with Crippen molar-refractivity contribution in [3.05, 3.63) is 11.9 Å². The van der Waals surface area contributed by atoms with Crippen LogP contribution in [0.25, 0.3) is 0 Å². The number of hydrogen-bond donors (Lipinski definition) is 2. The van der Waals surface area contributed by atoms with Gasteiger partial charge in [0.25, 0.3) is 0 Å². The second-order valence-electron chi connectivity index (χ2n) is 3.68. The molecule has 0 spiro atoms. The molecule has 0 radical (unpaired) electrons. The third-order valence-electron chi connectivity index (χ3n) is 2.53. The standard InChI is InChI=1S/C8H10N2O5S/c11-6-3-9-10(7(6)8(12)13)5-1-2-16(14,15)4-5/h3,5,11H,1-2,4H2,(H,12,13). The molecule has 8 heteroatoms. The SMILES string of the molecule is O=C(O)c1c(O)cnn1C1CCS(=O)(=O)C1. The Labute approximate surface area is 91.2 Å². The van der Waals surface area contributed by atoms with Gasteiger partial charge >= 0.3 is 5.97 Å². The molecule has 0 bridgehead atoms. The summed E-state index contributed by atoms with van der Waals surface area (Å²) < 4.78 is 23.6. The van der Waals surface area contributed by atoms with Gasteiger partial charge in [0, 0.05) is 0 Å². The fourth-order valence-corrected chi connectivity index (χ4v) is 3.50. The summed E-state index contributed by atoms with van der Waals surface area (Å²) in [7, 11) is -3.11. The van der Waals surface area contributed by atoms with Gasteiger partial charge < -0.3 is 10.2 Å². The number of aromatic nitrogens is 2. The maximum atomic E-state index is 11.3. The lowest BCUT2D eigenvalue weighted by Gasteiger charge is -2.10. The van der Waals surface area contributed by atoms with E-state index in [-0.39, 0.29) is 17.2 Å². The van der Waals surface area contributed by atoms with Gasteiger partial charge in [0.1, 0.15) is 0 Å². The Bertz CT molecular complexity index is 533. The largest absolute Gasteiger partial charge is 0.504 e. The van der Waals surface area contributed by atoms with Crippen molar-refractivity contribution in [1.29, 1.82) is 0 Å². The maximum Gasteiger partial charge on any atom is 0.358 e. The number of aromatic hydroxyl groups is 1. The summed E-state index contributed by atoms with van der Waals surface area (Å²) in [5.41, 5.74) is -0.359. The van der Waals surface area contributed by atoms with E-state index in [2.05, 4.69) is 5.10 Å². The van der Waals surface area contributed by atoms with Crippen molar-refractivity contribution >= 4 is 15.8 Å². The number of hydrogen-bond acceptors (Lipinski definition) is 5. The second kappa shape index (κ2) is 3.48. The lowest BCUT2D eigenvalue weighted by Crippen LogP contribution is -2.17. The molecule has 2 heterocycles. The molecule has 0 amide bonds. The Kier molecular flexibility index (Phi) is 2.38. The number of carboxylic acid groups (broad SMARTS) is 1. The second-order valence-corrected chi connectivity index (χ2v) is 5.91. The predicted molar refractivity (Wildman–Crippen MR) is 53.2 cm³/mol. The molecule has 2 N–H and O–H groups in total. The molecule has 1 aliphatic rings. The van der Waals surface area contributed by atoms with E-state index in [9.17, 15) is 18.3 Å². The summed E-state index contributed by atoms with van der Waals surface area (Å²) in [5, 5.41) is 21.8. The van der Waals surface area contributed by atoms with Crippen LogP contribution in [0.4, 0.5) is 0 Å². The van der Waals surface area contributed by atoms with Gasteiger partial charge in [0.2, 0.25) is 0 Å². The Hall–Kier alpha value is -1.57. The maximum absolute atomic E-state index is 11.3. The van der Waals surface area contributed by atoms with E-state index < -0.39 is 27.6 Å². The molecule has 0 saturated carbocycles. The Morgan fingerprint density at radius 2 is 2.25 bits per heavy atom. The first-order valence-corrected chi connectivity index (χ1v) is 6.43. The van der Waals surface area contributed by atoms with Gasteiger partial charge in [-0.2, -0.15) is 5.10 Å². The zero-order valence-corrected chi connectivity index (χ0v) is 9.01. The van der Waals surface area contributed by atoms with Crippen LogP contribution in [-0.4, -0.2) is 45.9 Å². The number of carboxylic acids is 1. The zero-order valence-electron chi connectivity index (χ0n) is 8.20. The average molecular weight is 246 g/mol. The van der Waals surface area contributed by atoms with Crippen LogP contribution >= 0.6 is 0 Å². The summed E-state index contributed by atoms with van der Waals surface area (Å²) in [6.07, 6.45) is 1.33. The van der Waals surface area contributed by atoms with Crippen LogP contribution in [0.5, 0.6) is 5.75 Å². The molecule has 16 heavy (non-hydrogen) atoms. The van der Waals surface area contributed by atoms with Crippen LogP contribution in [0, 0.1) is 0 Å². The van der Waals surface area contributed by atoms with Crippen LogP contribution < -0.4 is 0 Å². The smallest absolute Gasteiger partial charge is 0.358 e. The molecule has 1 aliphatic heterocycles. The van der Waals surface area contributed by atoms with Crippen molar-refractivity contribution in [2.24, 2.45) is 0 Å². The van der Waals surface area contributed by atoms with E-state index in [0.717, 1.165) is 10.9 Å². The van der Waals surface area contributed by atoms with Gasteiger partial charge in [-0.25, -0.2) is 13.2 Å². The van der Waals surface area contributed by atoms with Gasteiger partial charge in [0.05, 0.1) is 23.7 Å². The minimum Gasteiger partial charge on any atom is -0.504 e. The van der Waals surface area contributed by atoms with E-state index in [1.807, 2.05) is 0 Å². The van der Waals surface area contributed by atoms with Gasteiger partial charge in [-0.15, -0.1) is 0 Å². The average Bonchev–Trinajstić information content (AvgIpc) is 2.68. The molecule has 0 aliphatic carbocycles. The van der Waals surface area contributed by atoms with Crippen molar-refractivity contribution in [2.75, 3.05) is 11.5 Å². The first kappa shape index (κ1) is 10.9. The van der Waals surface area contributed by atoms with E-state index in [1.165, 1.54) is 0 Å². The monoisotopic (exact) mass is 246 g/mol. The molecule has 1 fully saturated rings. The molecule has 7 nitrogen and oxygen atoms in total. The predicted octanol–water partition coefficient (Wildman–Crippen LogP) is -0.353. The highest BCUT2D eigenvalue weighted by Gasteiger charge is 2.33. The van der Waals surface area contributed by atoms with E-state index in [0.29, 0.717) is 6.42 Å². The molecule has 1 aromatic rings. The summed E-state index contributed by atoms with van der Waals surface area (Å²) in [4.78, 5) is 10.9. The molecule has 0 aromatic carbocycles. The lowest BCUT2D eigenvalue weighted by molar-refractivity contribution is 0.0677. The minimum absolute atomic E-state index is 0.0251. The van der Waals surface area contributed by atoms with Crippen LogP contribution in [0.1, 0.15) is 23.0 Å². The molecule has 88 valence electrons. The minimum atomic E-state index is -3.11. The fraction of sp³-hybridized carbons (Fsp3) is 0.500. The summed E-state index contributed by atoms with van der Waals surface area (Å²) in [5.74, 6) is -1.87. The summed E-state index contributed by atoms with van der Waals surface area (Å²) in [6.45, 7) is 0. The molecule has 1 unspecified atom stereocenters. The quantitative estimate of drug-likeness (QED) is 0.737. The fourth-order valence-electron chi connectivity index (χ4n) is 1.81. The molecule has 1 saturated heterocycles. The summed E-state index contributed by atoms with van der Waals surface area (Å²) in [6, 6.07) is -0.503. The van der Waals surface area contributed by atoms with Crippen molar-refractivity contribution < 1.29 is 23.4 Å². The van der Waals surface area contributed by atoms with Crippen molar-refractivity contribution in [3.63, 3.8) is 0 Å². The van der Waals surface area contributed by atoms with E-state index in [1.54, 1.807) is 0 Å². The first-order chi connectivity index (χ1) is 7.41. The van der Waals surface area contributed by atoms with Crippen LogP contribution in [0.15, 0.2) is 6.20 Å². The van der Waals surface area contributed by atoms with E-state index in [4.69, 9.17) is 5.11 Å². The van der Waals surface area contributed by atoms with Crippen LogP contribution in [0.3, 0.4) is 0 Å². The first-order valence-electron chi connectivity index (χ1n) is 4.61. The van der Waals surface area contributed by atoms with E-state index >= 15 is 0 Å². The van der Waals surface area contributed by atoms with Crippen molar-refractivity contribution in [2.45, 2.75) is 12.5 Å². The number of carbonyl (C=O) groups is 1. The highest BCUT2D eigenvalue weighted by molar-refractivity contribution is 7.91. The molecule has 1 atom stereocenters. The summed E-state index contributed by atoms with van der Waals surface area (Å²) >= 11 is 0. The molecule has 2 rings (SSSR count). The third-order valence-corrected chi connectivity index (χ3v) is 4.28. The Morgan fingerprint density at radius 3 is 2.75 bits per heavy atom. The Balaban J connectivity index is 2.39. The van der Waals surface area contributed by atoms with Gasteiger partial charge in [-0.05, 0) is 6.42 Å². The van der Waals surface area contributed by atoms with Crippen molar-refractivity contribution in [1.82, 2.24) is 9.78 Å². The Morgan fingerprint density at radius 1 is 1.56 bits per heavy atom. The normalized spacial score (nSPS) is 23.4. The highest BCUT2D eigenvalue weighted by atomic mass is 32.2. The molecular weight excluding hydrogens is 236 g/mol. The van der Waals surface area contributed by atoms with Crippen LogP contribution in [0.2, 0.25) is 0 Å². The molecule has 1 aromatic heterocycles. The number of sulfone groups is 1. The lowest BCUT2D eigenvalue weighted by atomic mass is 10.2. The zero-order chi connectivity index (χ0) is 11.9. The van der Waals surface area contributed by atoms with Gasteiger partial charge in [-0.1, -0.05) is 0 Å². The highest BCUT2D eigenvalue weighted by Crippen LogP contribution is 2.27. The number of aromatic carboxylic acids is 1. The van der Waals surface area contributed by atoms with Crippen LogP contribution in [-0.2, 0) is 9.84 Å². The van der Waals surface area contributed by atoms with Gasteiger partial charge in [0.15, 0.2) is 21.3 Å². The van der Waals surface area contributed by atoms with Crippen molar-refractivity contribution in [3.8, 4) is 5.75 Å². The number of rotatable bonds is 2.